The fourth-order valence-corrected chi connectivity index (χ4v) is 3.69. The maximum atomic E-state index is 10.5. The van der Waals surface area contributed by atoms with Gasteiger partial charge in [0.2, 0.25) is 0 Å². The van der Waals surface area contributed by atoms with Crippen LogP contribution in [0.3, 0.4) is 0 Å². The normalized spacial score (nSPS) is 51.6. The Morgan fingerprint density at radius 2 is 1.79 bits per heavy atom. The molecule has 3 unspecified atom stereocenters. The van der Waals surface area contributed by atoms with E-state index in [0.29, 0.717) is 17.9 Å². The smallest absolute Gasteiger partial charge is 0.0735 e. The van der Waals surface area contributed by atoms with Crippen LogP contribution < -0.4 is 0 Å². The number of hydrogen-bond acceptors (Lipinski definition) is 2. The van der Waals surface area contributed by atoms with E-state index in [1.165, 1.54) is 38.5 Å². The topological polar surface area (TPSA) is 29.5 Å². The average Bonchev–Trinajstić information content (AvgIpc) is 2.62. The zero-order valence-corrected chi connectivity index (χ0v) is 8.74. The van der Waals surface area contributed by atoms with Crippen molar-refractivity contribution in [3.63, 3.8) is 0 Å². The van der Waals surface area contributed by atoms with E-state index in [0.717, 1.165) is 13.0 Å². The van der Waals surface area contributed by atoms with Gasteiger partial charge >= 0.3 is 0 Å². The molecule has 80 valence electrons. The number of fused-ring (bicyclic) bond motifs is 1. The molecular formula is C12H20O2. The summed E-state index contributed by atoms with van der Waals surface area (Å²) in [5.74, 6) is 1.25. The molecule has 0 bridgehead atoms. The van der Waals surface area contributed by atoms with E-state index in [2.05, 4.69) is 0 Å². The Kier molecular flexibility index (Phi) is 2.10. The van der Waals surface area contributed by atoms with Gasteiger partial charge in [-0.15, -0.1) is 0 Å². The Morgan fingerprint density at radius 3 is 2.36 bits per heavy atom. The quantitative estimate of drug-likeness (QED) is 0.733. The lowest BCUT2D eigenvalue weighted by atomic mass is 10.0. The monoisotopic (exact) mass is 196 g/mol. The molecule has 3 rings (SSSR count). The maximum absolute atomic E-state index is 10.5. The van der Waals surface area contributed by atoms with Gasteiger partial charge in [0.1, 0.15) is 0 Å². The van der Waals surface area contributed by atoms with Crippen LogP contribution in [0.1, 0.15) is 44.9 Å². The standard InChI is InChI=1S/C12H20O2/c13-12(8-9-4-3-7-14-9)10-5-1-2-6-11(10)12/h9-11,13H,1-8H2. The van der Waals surface area contributed by atoms with Crippen LogP contribution in [0, 0.1) is 11.8 Å². The Balaban J connectivity index is 1.61. The van der Waals surface area contributed by atoms with Crippen LogP contribution in [-0.4, -0.2) is 23.4 Å². The van der Waals surface area contributed by atoms with Crippen LogP contribution >= 0.6 is 0 Å². The van der Waals surface area contributed by atoms with Crippen molar-refractivity contribution >= 4 is 0 Å². The van der Waals surface area contributed by atoms with Crippen molar-refractivity contribution in [3.8, 4) is 0 Å². The summed E-state index contributed by atoms with van der Waals surface area (Å²) in [6, 6.07) is 0. The van der Waals surface area contributed by atoms with Crippen molar-refractivity contribution in [1.29, 1.82) is 0 Å². The maximum Gasteiger partial charge on any atom is 0.0735 e. The third kappa shape index (κ3) is 1.31. The molecule has 14 heavy (non-hydrogen) atoms. The van der Waals surface area contributed by atoms with Crippen molar-refractivity contribution < 1.29 is 9.84 Å². The van der Waals surface area contributed by atoms with E-state index in [4.69, 9.17) is 4.74 Å². The lowest BCUT2D eigenvalue weighted by Gasteiger charge is -2.15. The van der Waals surface area contributed by atoms with Crippen molar-refractivity contribution in [3.05, 3.63) is 0 Å². The molecule has 0 aromatic heterocycles. The van der Waals surface area contributed by atoms with E-state index in [1.54, 1.807) is 0 Å². The van der Waals surface area contributed by atoms with Crippen LogP contribution in [0.5, 0.6) is 0 Å². The number of hydrogen-bond donors (Lipinski definition) is 1. The summed E-state index contributed by atoms with van der Waals surface area (Å²) in [5.41, 5.74) is -0.314. The minimum Gasteiger partial charge on any atom is -0.389 e. The first-order valence-corrected chi connectivity index (χ1v) is 6.15. The summed E-state index contributed by atoms with van der Waals surface area (Å²) in [5, 5.41) is 10.5. The largest absolute Gasteiger partial charge is 0.389 e. The summed E-state index contributed by atoms with van der Waals surface area (Å²) in [6.45, 7) is 0.913. The molecule has 2 saturated carbocycles. The summed E-state index contributed by atoms with van der Waals surface area (Å²) in [4.78, 5) is 0. The zero-order chi connectivity index (χ0) is 9.60. The van der Waals surface area contributed by atoms with E-state index in [1.807, 2.05) is 0 Å². The highest BCUT2D eigenvalue weighted by Crippen LogP contribution is 2.61. The van der Waals surface area contributed by atoms with E-state index in [9.17, 15) is 5.11 Å². The van der Waals surface area contributed by atoms with Crippen LogP contribution in [0.4, 0.5) is 0 Å². The van der Waals surface area contributed by atoms with Gasteiger partial charge in [-0.05, 0) is 37.5 Å². The molecule has 0 radical (unpaired) electrons. The molecule has 0 aromatic carbocycles. The Labute approximate surface area is 85.6 Å². The SMILES string of the molecule is OC1(CC2CCCO2)C2CCCCC21. The summed E-state index contributed by atoms with van der Waals surface area (Å²) >= 11 is 0. The van der Waals surface area contributed by atoms with Gasteiger partial charge in [0.25, 0.3) is 0 Å². The highest BCUT2D eigenvalue weighted by atomic mass is 16.5. The summed E-state index contributed by atoms with van der Waals surface area (Å²) in [7, 11) is 0. The molecule has 3 atom stereocenters. The van der Waals surface area contributed by atoms with Crippen LogP contribution in [0.15, 0.2) is 0 Å². The predicted octanol–water partition coefficient (Wildman–Crippen LogP) is 2.11. The fourth-order valence-electron chi connectivity index (χ4n) is 3.69. The highest BCUT2D eigenvalue weighted by molar-refractivity contribution is 5.14. The molecule has 2 nitrogen and oxygen atoms in total. The fraction of sp³-hybridized carbons (Fsp3) is 1.00. The molecule has 3 aliphatic rings. The minimum absolute atomic E-state index is 0.314. The lowest BCUT2D eigenvalue weighted by molar-refractivity contribution is 0.0275. The van der Waals surface area contributed by atoms with Gasteiger partial charge in [-0.3, -0.25) is 0 Å². The molecule has 0 spiro atoms. The molecule has 2 aliphatic carbocycles. The third-order valence-electron chi connectivity index (χ3n) is 4.52. The van der Waals surface area contributed by atoms with Gasteiger partial charge < -0.3 is 9.84 Å². The molecule has 0 aromatic rings. The molecular weight excluding hydrogens is 176 g/mol. The van der Waals surface area contributed by atoms with Crippen LogP contribution in [0.25, 0.3) is 0 Å². The number of ether oxygens (including phenoxy) is 1. The van der Waals surface area contributed by atoms with Gasteiger partial charge in [0.05, 0.1) is 11.7 Å². The summed E-state index contributed by atoms with van der Waals surface area (Å²) < 4.78 is 5.62. The number of rotatable bonds is 2. The van der Waals surface area contributed by atoms with E-state index >= 15 is 0 Å². The number of aliphatic hydroxyl groups is 1. The Morgan fingerprint density at radius 1 is 1.07 bits per heavy atom. The van der Waals surface area contributed by atoms with Gasteiger partial charge in [-0.1, -0.05) is 12.8 Å². The summed E-state index contributed by atoms with van der Waals surface area (Å²) in [6.07, 6.45) is 8.82. The third-order valence-corrected chi connectivity index (χ3v) is 4.52. The Hall–Kier alpha value is -0.0800. The van der Waals surface area contributed by atoms with Gasteiger partial charge in [-0.2, -0.15) is 0 Å². The van der Waals surface area contributed by atoms with Crippen LogP contribution in [0.2, 0.25) is 0 Å². The van der Waals surface area contributed by atoms with Crippen molar-refractivity contribution in [1.82, 2.24) is 0 Å². The molecule has 2 heteroatoms. The van der Waals surface area contributed by atoms with Crippen LogP contribution in [-0.2, 0) is 4.74 Å². The molecule has 1 heterocycles. The predicted molar refractivity (Wildman–Crippen MR) is 54.0 cm³/mol. The average molecular weight is 196 g/mol. The van der Waals surface area contributed by atoms with E-state index < -0.39 is 0 Å². The minimum atomic E-state index is -0.314. The first kappa shape index (κ1) is 9.17. The van der Waals surface area contributed by atoms with E-state index in [-0.39, 0.29) is 5.60 Å². The first-order valence-electron chi connectivity index (χ1n) is 6.15. The second-order valence-electron chi connectivity index (χ2n) is 5.33. The second kappa shape index (κ2) is 3.21. The van der Waals surface area contributed by atoms with Gasteiger partial charge in [0.15, 0.2) is 0 Å². The van der Waals surface area contributed by atoms with Crippen molar-refractivity contribution in [2.24, 2.45) is 11.8 Å². The zero-order valence-electron chi connectivity index (χ0n) is 8.74. The second-order valence-corrected chi connectivity index (χ2v) is 5.33. The first-order chi connectivity index (χ1) is 6.81. The molecule has 1 N–H and O–H groups in total. The Bertz CT molecular complexity index is 208. The molecule has 1 aliphatic heterocycles. The molecule has 0 amide bonds. The lowest BCUT2D eigenvalue weighted by Crippen LogP contribution is -2.21. The highest BCUT2D eigenvalue weighted by Gasteiger charge is 2.63. The van der Waals surface area contributed by atoms with Crippen molar-refractivity contribution in [2.75, 3.05) is 6.61 Å². The van der Waals surface area contributed by atoms with Crippen molar-refractivity contribution in [2.45, 2.75) is 56.7 Å². The van der Waals surface area contributed by atoms with Gasteiger partial charge in [0, 0.05) is 13.0 Å². The molecule has 1 saturated heterocycles. The van der Waals surface area contributed by atoms with Gasteiger partial charge in [-0.25, -0.2) is 0 Å². The molecule has 3 fully saturated rings.